The van der Waals surface area contributed by atoms with Crippen molar-refractivity contribution in [2.24, 2.45) is 17.1 Å². The van der Waals surface area contributed by atoms with E-state index in [1.165, 1.54) is 0 Å². The molecule has 0 saturated carbocycles. The summed E-state index contributed by atoms with van der Waals surface area (Å²) in [5, 5.41) is 11.6. The van der Waals surface area contributed by atoms with Gasteiger partial charge in [0.15, 0.2) is 0 Å². The third-order valence-corrected chi connectivity index (χ3v) is 3.36. The molecule has 1 amide bonds. The Kier molecular flexibility index (Phi) is 8.39. The van der Waals surface area contributed by atoms with E-state index in [4.69, 9.17) is 10.8 Å². The van der Waals surface area contributed by atoms with Crippen LogP contribution in [0, 0.1) is 11.3 Å². The van der Waals surface area contributed by atoms with Gasteiger partial charge in [0.05, 0.1) is 5.41 Å². The van der Waals surface area contributed by atoms with Gasteiger partial charge in [-0.25, -0.2) is 0 Å². The highest BCUT2D eigenvalue weighted by Gasteiger charge is 2.27. The summed E-state index contributed by atoms with van der Waals surface area (Å²) in [4.78, 5) is 22.6. The lowest BCUT2D eigenvalue weighted by Gasteiger charge is -2.20. The van der Waals surface area contributed by atoms with Crippen LogP contribution in [0.3, 0.4) is 0 Å². The first-order valence-corrected chi connectivity index (χ1v) is 7.03. The van der Waals surface area contributed by atoms with Crippen LogP contribution in [0.1, 0.15) is 52.9 Å². The molecule has 0 radical (unpaired) electrons. The normalized spacial score (nSPS) is 13.1. The Balaban J connectivity index is 4.00. The number of carboxylic acids is 1. The van der Waals surface area contributed by atoms with E-state index in [0.717, 1.165) is 25.7 Å². The molecule has 0 saturated heterocycles. The van der Waals surface area contributed by atoms with E-state index in [0.29, 0.717) is 18.9 Å². The highest BCUT2D eigenvalue weighted by molar-refractivity contribution is 5.78. The number of aliphatic carboxylic acids is 1. The van der Waals surface area contributed by atoms with Crippen LogP contribution in [0.4, 0.5) is 0 Å². The Labute approximate surface area is 115 Å². The third kappa shape index (κ3) is 7.82. The first-order chi connectivity index (χ1) is 8.83. The fraction of sp³-hybridized carbons (Fsp3) is 0.857. The fourth-order valence-corrected chi connectivity index (χ4v) is 1.90. The number of hydrogen-bond acceptors (Lipinski definition) is 3. The maximum atomic E-state index is 11.7. The number of amides is 1. The van der Waals surface area contributed by atoms with E-state index in [-0.39, 0.29) is 12.5 Å². The Bertz CT molecular complexity index is 284. The predicted molar refractivity (Wildman–Crippen MR) is 75.7 cm³/mol. The Hall–Kier alpha value is -1.10. The predicted octanol–water partition coefficient (Wildman–Crippen LogP) is 1.76. The van der Waals surface area contributed by atoms with Crippen molar-refractivity contribution < 1.29 is 14.7 Å². The molecule has 112 valence electrons. The van der Waals surface area contributed by atoms with E-state index >= 15 is 0 Å². The summed E-state index contributed by atoms with van der Waals surface area (Å²) in [6.07, 6.45) is 4.40. The molecule has 0 rings (SSSR count). The van der Waals surface area contributed by atoms with Gasteiger partial charge >= 0.3 is 5.97 Å². The number of carbonyl (C=O) groups is 2. The molecule has 0 aliphatic heterocycles. The van der Waals surface area contributed by atoms with Gasteiger partial charge in [-0.1, -0.05) is 19.8 Å². The van der Waals surface area contributed by atoms with Crippen molar-refractivity contribution in [3.63, 3.8) is 0 Å². The third-order valence-electron chi connectivity index (χ3n) is 3.36. The lowest BCUT2D eigenvalue weighted by Crippen LogP contribution is -2.38. The Morgan fingerprint density at radius 3 is 2.37 bits per heavy atom. The molecule has 19 heavy (non-hydrogen) atoms. The molecule has 0 bridgehead atoms. The van der Waals surface area contributed by atoms with Gasteiger partial charge in [0.2, 0.25) is 5.91 Å². The van der Waals surface area contributed by atoms with Crippen LogP contribution in [-0.4, -0.2) is 30.1 Å². The van der Waals surface area contributed by atoms with Gasteiger partial charge in [0.25, 0.3) is 0 Å². The quantitative estimate of drug-likeness (QED) is 0.565. The summed E-state index contributed by atoms with van der Waals surface area (Å²) >= 11 is 0. The van der Waals surface area contributed by atoms with Crippen LogP contribution in [-0.2, 0) is 9.59 Å². The number of hydrogen-bond donors (Lipinski definition) is 3. The minimum Gasteiger partial charge on any atom is -0.481 e. The monoisotopic (exact) mass is 272 g/mol. The highest BCUT2D eigenvalue weighted by Crippen LogP contribution is 2.17. The maximum absolute atomic E-state index is 11.7. The number of rotatable bonds is 10. The number of carboxylic acid groups (broad SMARTS) is 1. The van der Waals surface area contributed by atoms with Gasteiger partial charge in [-0.05, 0) is 39.2 Å². The minimum absolute atomic E-state index is 0.0764. The van der Waals surface area contributed by atoms with E-state index in [9.17, 15) is 9.59 Å². The van der Waals surface area contributed by atoms with Crippen LogP contribution < -0.4 is 11.1 Å². The molecule has 0 aromatic carbocycles. The fourth-order valence-electron chi connectivity index (χ4n) is 1.90. The largest absolute Gasteiger partial charge is 0.481 e. The summed E-state index contributed by atoms with van der Waals surface area (Å²) in [5.74, 6) is -0.486. The lowest BCUT2D eigenvalue weighted by atomic mass is 9.93. The molecule has 1 atom stereocenters. The summed E-state index contributed by atoms with van der Waals surface area (Å²) in [6, 6.07) is 0. The summed E-state index contributed by atoms with van der Waals surface area (Å²) in [6.45, 7) is 6.14. The number of carbonyl (C=O) groups excluding carboxylic acids is 1. The first-order valence-electron chi connectivity index (χ1n) is 7.03. The second-order valence-corrected chi connectivity index (χ2v) is 5.74. The highest BCUT2D eigenvalue weighted by atomic mass is 16.4. The van der Waals surface area contributed by atoms with E-state index in [2.05, 4.69) is 12.2 Å². The summed E-state index contributed by atoms with van der Waals surface area (Å²) in [5.41, 5.74) is 4.63. The van der Waals surface area contributed by atoms with Crippen molar-refractivity contribution in [1.29, 1.82) is 0 Å². The van der Waals surface area contributed by atoms with Crippen LogP contribution in [0.2, 0.25) is 0 Å². The first kappa shape index (κ1) is 17.9. The molecule has 0 spiro atoms. The molecular formula is C14H28N2O3. The van der Waals surface area contributed by atoms with Crippen molar-refractivity contribution in [2.75, 3.05) is 13.1 Å². The lowest BCUT2D eigenvalue weighted by molar-refractivity contribution is -0.146. The molecule has 0 fully saturated rings. The molecule has 4 N–H and O–H groups in total. The Morgan fingerprint density at radius 1 is 1.26 bits per heavy atom. The number of nitrogens with one attached hydrogen (secondary N) is 1. The molecule has 0 heterocycles. The van der Waals surface area contributed by atoms with E-state index in [1.807, 2.05) is 0 Å². The Morgan fingerprint density at radius 2 is 1.89 bits per heavy atom. The van der Waals surface area contributed by atoms with Crippen LogP contribution in [0.25, 0.3) is 0 Å². The average Bonchev–Trinajstić information content (AvgIpc) is 2.34. The second-order valence-electron chi connectivity index (χ2n) is 5.74. The smallest absolute Gasteiger partial charge is 0.310 e. The van der Waals surface area contributed by atoms with Crippen LogP contribution >= 0.6 is 0 Å². The molecule has 0 aromatic heterocycles. The topological polar surface area (TPSA) is 92.4 Å². The van der Waals surface area contributed by atoms with Crippen molar-refractivity contribution in [3.8, 4) is 0 Å². The molecular weight excluding hydrogens is 244 g/mol. The molecule has 0 aliphatic rings. The number of nitrogens with two attached hydrogens (primary N) is 1. The molecule has 1 unspecified atom stereocenters. The molecule has 5 heteroatoms. The standard InChI is InChI=1S/C14H28N2O3/c1-4-5-11(8-9-15)6-7-12(17)16-10-14(2,3)13(18)19/h11H,4-10,15H2,1-3H3,(H,16,17)(H,18,19). The second kappa shape index (κ2) is 8.91. The van der Waals surface area contributed by atoms with Crippen LogP contribution in [0.5, 0.6) is 0 Å². The summed E-state index contributed by atoms with van der Waals surface area (Å²) < 4.78 is 0. The van der Waals surface area contributed by atoms with Crippen LogP contribution in [0.15, 0.2) is 0 Å². The van der Waals surface area contributed by atoms with E-state index < -0.39 is 11.4 Å². The van der Waals surface area contributed by atoms with E-state index in [1.54, 1.807) is 13.8 Å². The maximum Gasteiger partial charge on any atom is 0.310 e. The molecule has 5 nitrogen and oxygen atoms in total. The van der Waals surface area contributed by atoms with Gasteiger partial charge in [0.1, 0.15) is 0 Å². The zero-order chi connectivity index (χ0) is 14.9. The van der Waals surface area contributed by atoms with Crippen molar-refractivity contribution in [1.82, 2.24) is 5.32 Å². The van der Waals surface area contributed by atoms with Gasteiger partial charge < -0.3 is 16.2 Å². The van der Waals surface area contributed by atoms with Gasteiger partial charge in [-0.15, -0.1) is 0 Å². The average molecular weight is 272 g/mol. The van der Waals surface area contributed by atoms with Gasteiger partial charge in [-0.3, -0.25) is 9.59 Å². The van der Waals surface area contributed by atoms with Crippen molar-refractivity contribution in [3.05, 3.63) is 0 Å². The van der Waals surface area contributed by atoms with Gasteiger partial charge in [0, 0.05) is 13.0 Å². The van der Waals surface area contributed by atoms with Crippen molar-refractivity contribution >= 4 is 11.9 Å². The zero-order valence-corrected chi connectivity index (χ0v) is 12.4. The SMILES string of the molecule is CCCC(CCN)CCC(=O)NCC(C)(C)C(=O)O. The minimum atomic E-state index is -0.921. The molecule has 0 aromatic rings. The zero-order valence-electron chi connectivity index (χ0n) is 12.4. The summed E-state index contributed by atoms with van der Waals surface area (Å²) in [7, 11) is 0. The van der Waals surface area contributed by atoms with Gasteiger partial charge in [-0.2, -0.15) is 0 Å². The molecule has 0 aliphatic carbocycles. The van der Waals surface area contributed by atoms with Crippen molar-refractivity contribution in [2.45, 2.75) is 52.9 Å².